The second-order valence-corrected chi connectivity index (χ2v) is 2.73. The van der Waals surface area contributed by atoms with Crippen LogP contribution in [0.25, 0.3) is 6.08 Å². The zero-order valence-corrected chi connectivity index (χ0v) is 7.94. The Balaban J connectivity index is 2.94. The molecule has 0 saturated heterocycles. The summed E-state index contributed by atoms with van der Waals surface area (Å²) in [6, 6.07) is 11.0. The SMILES string of the molecule is C#CNC(=O)C(C=O)=Cc1ccccc1. The Bertz CT molecular complexity index is 427. The van der Waals surface area contributed by atoms with Crippen LogP contribution in [-0.2, 0) is 9.59 Å². The first-order valence-corrected chi connectivity index (χ1v) is 4.26. The van der Waals surface area contributed by atoms with Crippen LogP contribution in [0.5, 0.6) is 0 Å². The van der Waals surface area contributed by atoms with Crippen LogP contribution >= 0.6 is 0 Å². The lowest BCUT2D eigenvalue weighted by Crippen LogP contribution is -2.20. The predicted octanol–water partition coefficient (Wildman–Crippen LogP) is 0.976. The summed E-state index contributed by atoms with van der Waals surface area (Å²) < 4.78 is 0. The molecule has 0 aliphatic rings. The van der Waals surface area contributed by atoms with Gasteiger partial charge in [-0.1, -0.05) is 36.8 Å². The van der Waals surface area contributed by atoms with Gasteiger partial charge in [-0.25, -0.2) is 0 Å². The van der Waals surface area contributed by atoms with Gasteiger partial charge in [-0.15, -0.1) is 0 Å². The summed E-state index contributed by atoms with van der Waals surface area (Å²) in [5.74, 6) is -0.573. The molecule has 1 N–H and O–H groups in total. The molecule has 0 spiro atoms. The minimum Gasteiger partial charge on any atom is -0.298 e. The molecular weight excluding hydrogens is 190 g/mol. The van der Waals surface area contributed by atoms with Crippen molar-refractivity contribution in [2.75, 3.05) is 0 Å². The van der Waals surface area contributed by atoms with Gasteiger partial charge in [0.05, 0.1) is 5.57 Å². The first-order valence-electron chi connectivity index (χ1n) is 4.26. The van der Waals surface area contributed by atoms with Gasteiger partial charge in [0.25, 0.3) is 5.91 Å². The van der Waals surface area contributed by atoms with Gasteiger partial charge in [0.15, 0.2) is 6.29 Å². The molecule has 74 valence electrons. The fourth-order valence-electron chi connectivity index (χ4n) is 1.02. The van der Waals surface area contributed by atoms with E-state index in [9.17, 15) is 9.59 Å². The fraction of sp³-hybridized carbons (Fsp3) is 0. The van der Waals surface area contributed by atoms with E-state index < -0.39 is 5.91 Å². The third kappa shape index (κ3) is 3.12. The fourth-order valence-corrected chi connectivity index (χ4v) is 1.02. The Morgan fingerprint density at radius 3 is 2.53 bits per heavy atom. The van der Waals surface area contributed by atoms with E-state index in [4.69, 9.17) is 6.42 Å². The van der Waals surface area contributed by atoms with E-state index in [0.29, 0.717) is 6.29 Å². The van der Waals surface area contributed by atoms with Crippen LogP contribution in [-0.4, -0.2) is 12.2 Å². The van der Waals surface area contributed by atoms with E-state index in [1.165, 1.54) is 6.08 Å². The highest BCUT2D eigenvalue weighted by Crippen LogP contribution is 2.04. The second kappa shape index (κ2) is 5.40. The molecule has 0 radical (unpaired) electrons. The quantitative estimate of drug-likeness (QED) is 0.197. The number of aldehydes is 1. The maximum Gasteiger partial charge on any atom is 0.266 e. The van der Waals surface area contributed by atoms with Crippen molar-refractivity contribution in [1.82, 2.24) is 5.32 Å². The molecule has 0 fully saturated rings. The Hall–Kier alpha value is -2.34. The van der Waals surface area contributed by atoms with E-state index >= 15 is 0 Å². The summed E-state index contributed by atoms with van der Waals surface area (Å²) in [6.45, 7) is 0. The third-order valence-electron chi connectivity index (χ3n) is 1.70. The molecule has 1 amide bonds. The van der Waals surface area contributed by atoms with Gasteiger partial charge < -0.3 is 0 Å². The average Bonchev–Trinajstić information content (AvgIpc) is 2.27. The van der Waals surface area contributed by atoms with E-state index in [1.807, 2.05) is 24.2 Å². The van der Waals surface area contributed by atoms with Gasteiger partial charge in [0.1, 0.15) is 0 Å². The predicted molar refractivity (Wildman–Crippen MR) is 57.5 cm³/mol. The summed E-state index contributed by atoms with van der Waals surface area (Å²) in [6.07, 6.45) is 6.83. The summed E-state index contributed by atoms with van der Waals surface area (Å²) in [5.41, 5.74) is 0.769. The van der Waals surface area contributed by atoms with E-state index in [1.54, 1.807) is 12.1 Å². The molecule has 0 aromatic heterocycles. The first-order chi connectivity index (χ1) is 7.27. The van der Waals surface area contributed by atoms with Gasteiger partial charge in [0, 0.05) is 6.04 Å². The van der Waals surface area contributed by atoms with Crippen LogP contribution in [0.1, 0.15) is 5.56 Å². The van der Waals surface area contributed by atoms with Crippen molar-refractivity contribution in [3.63, 3.8) is 0 Å². The Morgan fingerprint density at radius 2 is 2.00 bits per heavy atom. The summed E-state index contributed by atoms with van der Waals surface area (Å²) in [5, 5.41) is 2.11. The van der Waals surface area contributed by atoms with Crippen molar-refractivity contribution >= 4 is 18.3 Å². The molecule has 0 aliphatic carbocycles. The molecular formula is C12H9NO2. The van der Waals surface area contributed by atoms with Crippen LogP contribution < -0.4 is 5.32 Å². The van der Waals surface area contributed by atoms with Crippen molar-refractivity contribution in [2.24, 2.45) is 0 Å². The molecule has 1 aromatic carbocycles. The topological polar surface area (TPSA) is 46.2 Å². The third-order valence-corrected chi connectivity index (χ3v) is 1.70. The van der Waals surface area contributed by atoms with Gasteiger partial charge >= 0.3 is 0 Å². The van der Waals surface area contributed by atoms with E-state index in [-0.39, 0.29) is 5.57 Å². The van der Waals surface area contributed by atoms with Crippen LogP contribution in [0, 0.1) is 12.5 Å². The Labute approximate surface area is 87.8 Å². The van der Waals surface area contributed by atoms with Crippen molar-refractivity contribution in [3.8, 4) is 12.5 Å². The van der Waals surface area contributed by atoms with Gasteiger partial charge in [-0.05, 0) is 11.6 Å². The molecule has 15 heavy (non-hydrogen) atoms. The molecule has 3 heteroatoms. The van der Waals surface area contributed by atoms with Gasteiger partial charge in [-0.3, -0.25) is 14.9 Å². The van der Waals surface area contributed by atoms with E-state index in [0.717, 1.165) is 5.56 Å². The molecule has 0 saturated carbocycles. The molecule has 1 rings (SSSR count). The molecule has 0 bridgehead atoms. The number of nitrogens with one attached hydrogen (secondary N) is 1. The van der Waals surface area contributed by atoms with Crippen LogP contribution in [0.4, 0.5) is 0 Å². The highest BCUT2D eigenvalue weighted by atomic mass is 16.2. The minimum atomic E-state index is -0.573. The Kier molecular flexibility index (Phi) is 3.87. The lowest BCUT2D eigenvalue weighted by atomic mass is 10.1. The second-order valence-electron chi connectivity index (χ2n) is 2.73. The van der Waals surface area contributed by atoms with Crippen LogP contribution in [0.3, 0.4) is 0 Å². The number of hydrogen-bond acceptors (Lipinski definition) is 2. The normalized spacial score (nSPS) is 10.2. The lowest BCUT2D eigenvalue weighted by Gasteiger charge is -1.97. The van der Waals surface area contributed by atoms with Crippen molar-refractivity contribution in [1.29, 1.82) is 0 Å². The largest absolute Gasteiger partial charge is 0.298 e. The number of benzene rings is 1. The molecule has 1 aromatic rings. The molecule has 0 heterocycles. The molecule has 3 nitrogen and oxygen atoms in total. The summed E-state index contributed by atoms with van der Waals surface area (Å²) in [4.78, 5) is 21.9. The highest BCUT2D eigenvalue weighted by Gasteiger charge is 2.06. The molecule has 0 aliphatic heterocycles. The van der Waals surface area contributed by atoms with Gasteiger partial charge in [-0.2, -0.15) is 0 Å². The number of rotatable bonds is 3. The standard InChI is InChI=1S/C12H9NO2/c1-2-13-12(15)11(9-14)8-10-6-4-3-5-7-10/h1,3-9H,(H,13,15). The smallest absolute Gasteiger partial charge is 0.266 e. The number of amides is 1. The maximum absolute atomic E-state index is 11.2. The van der Waals surface area contributed by atoms with Crippen LogP contribution in [0.2, 0.25) is 0 Å². The Morgan fingerprint density at radius 1 is 1.33 bits per heavy atom. The number of hydrogen-bond donors (Lipinski definition) is 1. The first kappa shape index (κ1) is 10.7. The zero-order valence-electron chi connectivity index (χ0n) is 7.94. The van der Waals surface area contributed by atoms with Crippen molar-refractivity contribution < 1.29 is 9.59 Å². The minimum absolute atomic E-state index is 0.000787. The zero-order chi connectivity index (χ0) is 11.1. The number of carbonyl (C=O) groups excluding carboxylic acids is 2. The monoisotopic (exact) mass is 199 g/mol. The molecule has 0 atom stereocenters. The van der Waals surface area contributed by atoms with E-state index in [2.05, 4.69) is 5.32 Å². The van der Waals surface area contributed by atoms with Crippen LogP contribution in [0.15, 0.2) is 35.9 Å². The molecule has 0 unspecified atom stereocenters. The number of terminal acetylenes is 1. The lowest BCUT2D eigenvalue weighted by molar-refractivity contribution is -0.118. The van der Waals surface area contributed by atoms with Crippen molar-refractivity contribution in [2.45, 2.75) is 0 Å². The van der Waals surface area contributed by atoms with Crippen molar-refractivity contribution in [3.05, 3.63) is 41.5 Å². The highest BCUT2D eigenvalue weighted by molar-refractivity contribution is 6.14. The average molecular weight is 199 g/mol. The number of carbonyl (C=O) groups is 2. The maximum atomic E-state index is 11.2. The summed E-state index contributed by atoms with van der Waals surface area (Å²) in [7, 11) is 0. The summed E-state index contributed by atoms with van der Waals surface area (Å²) >= 11 is 0. The van der Waals surface area contributed by atoms with Gasteiger partial charge in [0.2, 0.25) is 0 Å².